The van der Waals surface area contributed by atoms with E-state index in [9.17, 15) is 19.2 Å². The van der Waals surface area contributed by atoms with Gasteiger partial charge in [0, 0.05) is 18.7 Å². The lowest BCUT2D eigenvalue weighted by molar-refractivity contribution is -0.138. The highest BCUT2D eigenvalue weighted by atomic mass is 16.2. The third kappa shape index (κ3) is 6.80. The average Bonchev–Trinajstić information content (AvgIpc) is 3.22. The topological polar surface area (TPSA) is 108 Å². The van der Waals surface area contributed by atoms with Crippen LogP contribution in [-0.4, -0.2) is 60.2 Å². The van der Waals surface area contributed by atoms with Crippen molar-refractivity contribution in [1.82, 2.24) is 20.9 Å². The van der Waals surface area contributed by atoms with Gasteiger partial charge in [0.05, 0.1) is 12.1 Å². The van der Waals surface area contributed by atoms with Crippen molar-refractivity contribution in [3.63, 3.8) is 0 Å². The minimum atomic E-state index is -0.783. The highest BCUT2D eigenvalue weighted by Gasteiger charge is 2.39. The summed E-state index contributed by atoms with van der Waals surface area (Å²) in [4.78, 5) is 51.2. The molecular weight excluding hydrogens is 408 g/mol. The van der Waals surface area contributed by atoms with Gasteiger partial charge in [-0.15, -0.1) is 0 Å². The Morgan fingerprint density at radius 3 is 2.34 bits per heavy atom. The molecule has 4 amide bonds. The molecule has 0 bridgehead atoms. The quantitative estimate of drug-likeness (QED) is 0.535. The summed E-state index contributed by atoms with van der Waals surface area (Å²) in [6.07, 6.45) is 2.22. The van der Waals surface area contributed by atoms with Crippen LogP contribution in [0, 0.1) is 11.3 Å². The molecule has 1 fully saturated rings. The molecule has 1 saturated heterocycles. The molecule has 1 aliphatic heterocycles. The summed E-state index contributed by atoms with van der Waals surface area (Å²) in [5, 5.41) is 8.56. The maximum atomic E-state index is 13.2. The summed E-state index contributed by atoms with van der Waals surface area (Å²) in [6.45, 7) is 10.3. The Bertz CT molecular complexity index is 804. The van der Waals surface area contributed by atoms with Gasteiger partial charge in [0.15, 0.2) is 0 Å². The van der Waals surface area contributed by atoms with Crippen molar-refractivity contribution in [1.29, 1.82) is 0 Å². The molecular formula is C24H36N4O4. The molecule has 0 aliphatic carbocycles. The molecule has 3 N–H and O–H groups in total. The Kier molecular flexibility index (Phi) is 8.80. The first-order valence-electron chi connectivity index (χ1n) is 11.2. The van der Waals surface area contributed by atoms with Gasteiger partial charge in [0.2, 0.25) is 5.91 Å². The van der Waals surface area contributed by atoms with Crippen LogP contribution in [0.5, 0.6) is 0 Å². The number of aldehydes is 1. The van der Waals surface area contributed by atoms with E-state index in [1.165, 1.54) is 0 Å². The lowest BCUT2D eigenvalue weighted by Crippen LogP contribution is -2.59. The Balaban J connectivity index is 2.02. The van der Waals surface area contributed by atoms with Crippen LogP contribution in [0.1, 0.15) is 57.8 Å². The number of hydrogen-bond acceptors (Lipinski definition) is 4. The van der Waals surface area contributed by atoms with E-state index in [0.29, 0.717) is 18.5 Å². The number of nitrogens with one attached hydrogen (secondary N) is 3. The minimum Gasteiger partial charge on any atom is -0.350 e. The molecule has 1 aromatic carbocycles. The second-order valence-electron chi connectivity index (χ2n) is 9.72. The van der Waals surface area contributed by atoms with Crippen LogP contribution in [-0.2, 0) is 9.59 Å². The van der Waals surface area contributed by atoms with Gasteiger partial charge in [-0.05, 0) is 36.3 Å². The molecule has 1 heterocycles. The number of nitrogens with zero attached hydrogens (tertiary/aromatic N) is 1. The molecule has 1 aromatic rings. The smallest absolute Gasteiger partial charge is 0.315 e. The maximum Gasteiger partial charge on any atom is 0.315 e. The van der Waals surface area contributed by atoms with Gasteiger partial charge in [-0.2, -0.15) is 0 Å². The normalized spacial score (nSPS) is 18.1. The maximum absolute atomic E-state index is 13.2. The van der Waals surface area contributed by atoms with Gasteiger partial charge in [0.25, 0.3) is 5.91 Å². The van der Waals surface area contributed by atoms with Crippen LogP contribution in [0.25, 0.3) is 0 Å². The van der Waals surface area contributed by atoms with Crippen LogP contribution in [0.2, 0.25) is 0 Å². The molecule has 8 heteroatoms. The fourth-order valence-corrected chi connectivity index (χ4v) is 3.71. The molecule has 3 unspecified atom stereocenters. The molecule has 0 aromatic heterocycles. The Hall–Kier alpha value is -2.90. The van der Waals surface area contributed by atoms with E-state index in [1.807, 2.05) is 40.7 Å². The molecule has 32 heavy (non-hydrogen) atoms. The Morgan fingerprint density at radius 2 is 1.78 bits per heavy atom. The van der Waals surface area contributed by atoms with Crippen LogP contribution in [0.3, 0.4) is 0 Å². The highest BCUT2D eigenvalue weighted by molar-refractivity contribution is 5.94. The number of hydrogen-bond donors (Lipinski definition) is 3. The van der Waals surface area contributed by atoms with E-state index in [2.05, 4.69) is 16.0 Å². The van der Waals surface area contributed by atoms with Crippen LogP contribution in [0.15, 0.2) is 30.3 Å². The molecule has 1 aliphatic rings. The lowest BCUT2D eigenvalue weighted by atomic mass is 9.85. The van der Waals surface area contributed by atoms with Crippen LogP contribution >= 0.6 is 0 Å². The molecule has 2 rings (SSSR count). The third-order valence-corrected chi connectivity index (χ3v) is 5.77. The van der Waals surface area contributed by atoms with Crippen molar-refractivity contribution >= 4 is 24.1 Å². The number of urea groups is 1. The number of carbonyl (C=O) groups excluding carboxylic acids is 4. The molecule has 0 radical (unpaired) electrons. The lowest BCUT2D eigenvalue weighted by Gasteiger charge is -2.35. The monoisotopic (exact) mass is 444 g/mol. The fourth-order valence-electron chi connectivity index (χ4n) is 3.71. The SMILES string of the molecule is CC(C)C(CNC(=O)c1ccccc1)NC(=O)NC(C(=O)N1CCCC1C=O)C(C)(C)C. The van der Waals surface area contributed by atoms with Gasteiger partial charge >= 0.3 is 6.03 Å². The zero-order chi connectivity index (χ0) is 23.9. The molecule has 176 valence electrons. The Labute approximate surface area is 190 Å². The highest BCUT2D eigenvalue weighted by Crippen LogP contribution is 2.25. The third-order valence-electron chi connectivity index (χ3n) is 5.77. The number of rotatable bonds is 8. The predicted molar refractivity (Wildman–Crippen MR) is 123 cm³/mol. The van der Waals surface area contributed by atoms with Crippen molar-refractivity contribution < 1.29 is 19.2 Å². The van der Waals surface area contributed by atoms with Crippen molar-refractivity contribution in [2.24, 2.45) is 11.3 Å². The van der Waals surface area contributed by atoms with Crippen molar-refractivity contribution in [2.45, 2.75) is 65.6 Å². The van der Waals surface area contributed by atoms with Gasteiger partial charge < -0.3 is 25.6 Å². The zero-order valence-electron chi connectivity index (χ0n) is 19.7. The number of likely N-dealkylation sites (tertiary alicyclic amines) is 1. The fraction of sp³-hybridized carbons (Fsp3) is 0.583. The largest absolute Gasteiger partial charge is 0.350 e. The van der Waals surface area contributed by atoms with Gasteiger partial charge in [0.1, 0.15) is 12.3 Å². The standard InChI is InChI=1S/C24H36N4O4/c1-16(2)19(14-25-21(30)17-10-7-6-8-11-17)26-23(32)27-20(24(3,4)5)22(31)28-13-9-12-18(28)15-29/h6-8,10-11,15-16,18-20H,9,12-14H2,1-5H3,(H,25,30)(H2,26,27,32). The van der Waals surface area contributed by atoms with Crippen molar-refractivity contribution in [3.05, 3.63) is 35.9 Å². The summed E-state index contributed by atoms with van der Waals surface area (Å²) < 4.78 is 0. The van der Waals surface area contributed by atoms with E-state index < -0.39 is 23.5 Å². The van der Waals surface area contributed by atoms with E-state index in [1.54, 1.807) is 29.2 Å². The van der Waals surface area contributed by atoms with Gasteiger partial charge in [-0.3, -0.25) is 9.59 Å². The summed E-state index contributed by atoms with van der Waals surface area (Å²) in [5.41, 5.74) is 0.00689. The Morgan fingerprint density at radius 1 is 1.12 bits per heavy atom. The van der Waals surface area contributed by atoms with Crippen LogP contribution in [0.4, 0.5) is 4.79 Å². The zero-order valence-corrected chi connectivity index (χ0v) is 19.7. The first kappa shape index (κ1) is 25.4. The summed E-state index contributed by atoms with van der Waals surface area (Å²) >= 11 is 0. The summed E-state index contributed by atoms with van der Waals surface area (Å²) in [5.74, 6) is -0.408. The average molecular weight is 445 g/mol. The summed E-state index contributed by atoms with van der Waals surface area (Å²) in [7, 11) is 0. The van der Waals surface area contributed by atoms with Gasteiger partial charge in [-0.1, -0.05) is 52.8 Å². The van der Waals surface area contributed by atoms with E-state index in [-0.39, 0.29) is 30.3 Å². The predicted octanol–water partition coefficient (Wildman–Crippen LogP) is 2.34. The second-order valence-corrected chi connectivity index (χ2v) is 9.72. The van der Waals surface area contributed by atoms with E-state index >= 15 is 0 Å². The summed E-state index contributed by atoms with van der Waals surface area (Å²) in [6, 6.07) is 6.85. The minimum absolute atomic E-state index is 0.0543. The second kappa shape index (κ2) is 11.1. The molecule has 3 atom stereocenters. The van der Waals surface area contributed by atoms with Crippen molar-refractivity contribution in [2.75, 3.05) is 13.1 Å². The molecule has 8 nitrogen and oxygen atoms in total. The van der Waals surface area contributed by atoms with Crippen LogP contribution < -0.4 is 16.0 Å². The molecule has 0 saturated carbocycles. The first-order valence-corrected chi connectivity index (χ1v) is 11.2. The van der Waals surface area contributed by atoms with Crippen molar-refractivity contribution in [3.8, 4) is 0 Å². The first-order chi connectivity index (χ1) is 15.0. The number of benzene rings is 1. The van der Waals surface area contributed by atoms with E-state index in [0.717, 1.165) is 12.7 Å². The van der Waals surface area contributed by atoms with Gasteiger partial charge in [-0.25, -0.2) is 4.79 Å². The number of amides is 4. The number of carbonyl (C=O) groups is 4. The molecule has 0 spiro atoms. The van der Waals surface area contributed by atoms with E-state index in [4.69, 9.17) is 0 Å².